The van der Waals surface area contributed by atoms with Crippen LogP contribution < -0.4 is 11.1 Å². The van der Waals surface area contributed by atoms with Crippen molar-refractivity contribution in [3.63, 3.8) is 0 Å². The van der Waals surface area contributed by atoms with Crippen LogP contribution in [0.5, 0.6) is 0 Å². The molecule has 3 heterocycles. The van der Waals surface area contributed by atoms with Gasteiger partial charge in [0.1, 0.15) is 17.2 Å². The zero-order valence-corrected chi connectivity index (χ0v) is 12.1. The van der Waals surface area contributed by atoms with Gasteiger partial charge in [0.25, 0.3) is 0 Å². The monoisotopic (exact) mass is 297 g/mol. The van der Waals surface area contributed by atoms with Gasteiger partial charge in [0.05, 0.1) is 6.61 Å². The molecule has 6 nitrogen and oxygen atoms in total. The number of piperidine rings is 1. The summed E-state index contributed by atoms with van der Waals surface area (Å²) in [5.74, 6) is 0.964. The number of likely N-dealkylation sites (tertiary alicyclic amines) is 1. The van der Waals surface area contributed by atoms with E-state index in [1.165, 1.54) is 6.33 Å². The Morgan fingerprint density at radius 3 is 2.80 bits per heavy atom. The van der Waals surface area contributed by atoms with E-state index in [-0.39, 0.29) is 0 Å². The molecule has 1 aromatic heterocycles. The van der Waals surface area contributed by atoms with Crippen molar-refractivity contribution in [3.05, 3.63) is 11.3 Å². The normalized spacial score (nSPS) is 24.9. The Kier molecular flexibility index (Phi) is 4.24. The van der Waals surface area contributed by atoms with E-state index in [1.54, 1.807) is 0 Å². The molecule has 7 heteroatoms. The second-order valence-corrected chi connectivity index (χ2v) is 5.77. The van der Waals surface area contributed by atoms with E-state index in [4.69, 9.17) is 22.1 Å². The Labute approximate surface area is 123 Å². The number of nitrogens with one attached hydrogen (secondary N) is 1. The number of aromatic nitrogens is 2. The molecule has 0 spiro atoms. The third-order valence-corrected chi connectivity index (χ3v) is 4.48. The van der Waals surface area contributed by atoms with Crippen molar-refractivity contribution in [2.75, 3.05) is 37.4 Å². The number of halogens is 1. The van der Waals surface area contributed by atoms with E-state index in [9.17, 15) is 0 Å². The van der Waals surface area contributed by atoms with E-state index in [2.05, 4.69) is 20.2 Å². The van der Waals surface area contributed by atoms with Crippen LogP contribution >= 0.6 is 11.6 Å². The largest absolute Gasteiger partial charge is 0.382 e. The molecular weight excluding hydrogens is 278 g/mol. The van der Waals surface area contributed by atoms with Crippen LogP contribution in [-0.4, -0.2) is 53.3 Å². The first-order valence-electron chi connectivity index (χ1n) is 7.08. The van der Waals surface area contributed by atoms with Crippen molar-refractivity contribution >= 4 is 23.2 Å². The second kappa shape index (κ2) is 6.11. The van der Waals surface area contributed by atoms with Crippen molar-refractivity contribution in [2.45, 2.75) is 31.3 Å². The van der Waals surface area contributed by atoms with Crippen molar-refractivity contribution < 1.29 is 4.74 Å². The summed E-state index contributed by atoms with van der Waals surface area (Å²) in [5.41, 5.74) is 5.69. The third-order valence-electron chi connectivity index (χ3n) is 4.11. The molecule has 110 valence electrons. The van der Waals surface area contributed by atoms with Gasteiger partial charge in [-0.15, -0.1) is 0 Å². The van der Waals surface area contributed by atoms with Crippen molar-refractivity contribution in [2.24, 2.45) is 0 Å². The van der Waals surface area contributed by atoms with Crippen LogP contribution in [0.1, 0.15) is 19.3 Å². The minimum absolute atomic E-state index is 0.324. The van der Waals surface area contributed by atoms with E-state index < -0.39 is 0 Å². The fourth-order valence-corrected chi connectivity index (χ4v) is 3.05. The van der Waals surface area contributed by atoms with E-state index in [0.29, 0.717) is 28.7 Å². The number of anilines is 2. The Balaban J connectivity index is 1.54. The third kappa shape index (κ3) is 2.97. The number of hydrogen-bond acceptors (Lipinski definition) is 6. The second-order valence-electron chi connectivity index (χ2n) is 5.39. The van der Waals surface area contributed by atoms with Crippen LogP contribution in [-0.2, 0) is 4.74 Å². The van der Waals surface area contributed by atoms with E-state index >= 15 is 0 Å². The lowest BCUT2D eigenvalue weighted by atomic mass is 10.0. The molecule has 0 saturated carbocycles. The van der Waals surface area contributed by atoms with Crippen LogP contribution in [0.4, 0.5) is 11.6 Å². The molecule has 1 unspecified atom stereocenters. The lowest BCUT2D eigenvalue weighted by Gasteiger charge is -2.35. The number of nitrogens with zero attached hydrogens (tertiary/aromatic N) is 3. The van der Waals surface area contributed by atoms with Gasteiger partial charge in [-0.3, -0.25) is 4.90 Å². The average Bonchev–Trinajstić information content (AvgIpc) is 2.99. The Bertz CT molecular complexity index is 458. The average molecular weight is 298 g/mol. The molecular formula is C13H20ClN5O. The predicted molar refractivity (Wildman–Crippen MR) is 78.9 cm³/mol. The zero-order valence-electron chi connectivity index (χ0n) is 11.4. The van der Waals surface area contributed by atoms with Gasteiger partial charge in [-0.05, 0) is 19.3 Å². The first kappa shape index (κ1) is 13.9. The van der Waals surface area contributed by atoms with Gasteiger partial charge in [0.15, 0.2) is 5.82 Å². The zero-order chi connectivity index (χ0) is 13.9. The number of nitrogens with two attached hydrogens (primary N) is 1. The number of hydrogen-bond donors (Lipinski definition) is 2. The van der Waals surface area contributed by atoms with Crippen molar-refractivity contribution in [1.82, 2.24) is 14.9 Å². The van der Waals surface area contributed by atoms with Gasteiger partial charge in [-0.1, -0.05) is 11.6 Å². The predicted octanol–water partition coefficient (Wildman–Crippen LogP) is 1.38. The van der Waals surface area contributed by atoms with E-state index in [1.807, 2.05) is 0 Å². The Hall–Kier alpha value is -1.11. The fourth-order valence-electron chi connectivity index (χ4n) is 2.90. The highest BCUT2D eigenvalue weighted by atomic mass is 35.5. The van der Waals surface area contributed by atoms with Crippen LogP contribution in [0.2, 0.25) is 5.02 Å². The highest BCUT2D eigenvalue weighted by Gasteiger charge is 2.28. The van der Waals surface area contributed by atoms with Gasteiger partial charge in [0.2, 0.25) is 0 Å². The van der Waals surface area contributed by atoms with Gasteiger partial charge < -0.3 is 15.8 Å². The summed E-state index contributed by atoms with van der Waals surface area (Å²) >= 11 is 6.11. The number of rotatable bonds is 3. The molecule has 2 fully saturated rings. The molecule has 2 saturated heterocycles. The van der Waals surface area contributed by atoms with Crippen LogP contribution in [0.25, 0.3) is 0 Å². The molecule has 1 aromatic rings. The SMILES string of the molecule is Nc1ncnc(NC2CCN(C3CCOC3)CC2)c1Cl. The molecule has 1 atom stereocenters. The van der Waals surface area contributed by atoms with Gasteiger partial charge in [-0.2, -0.15) is 0 Å². The standard InChI is InChI=1S/C13H20ClN5O/c14-11-12(15)16-8-17-13(11)18-9-1-4-19(5-2-9)10-3-6-20-7-10/h8-10H,1-7H2,(H3,15,16,17,18). The van der Waals surface area contributed by atoms with Gasteiger partial charge in [-0.25, -0.2) is 9.97 Å². The molecule has 0 radical (unpaired) electrons. The summed E-state index contributed by atoms with van der Waals surface area (Å²) in [6.45, 7) is 3.96. The molecule has 20 heavy (non-hydrogen) atoms. The van der Waals surface area contributed by atoms with E-state index in [0.717, 1.165) is 45.6 Å². The van der Waals surface area contributed by atoms with Crippen LogP contribution in [0.15, 0.2) is 6.33 Å². The smallest absolute Gasteiger partial charge is 0.150 e. The summed E-state index contributed by atoms with van der Waals surface area (Å²) < 4.78 is 5.46. The van der Waals surface area contributed by atoms with Gasteiger partial charge >= 0.3 is 0 Å². The minimum atomic E-state index is 0.324. The van der Waals surface area contributed by atoms with Crippen LogP contribution in [0.3, 0.4) is 0 Å². The van der Waals surface area contributed by atoms with Crippen LogP contribution in [0, 0.1) is 0 Å². The summed E-state index contributed by atoms with van der Waals surface area (Å²) in [4.78, 5) is 10.6. The maximum absolute atomic E-state index is 6.11. The van der Waals surface area contributed by atoms with Crippen molar-refractivity contribution in [3.8, 4) is 0 Å². The molecule has 3 rings (SSSR count). The summed E-state index contributed by atoms with van der Waals surface area (Å²) in [5, 5.41) is 3.80. The lowest BCUT2D eigenvalue weighted by molar-refractivity contribution is 0.124. The summed E-state index contributed by atoms with van der Waals surface area (Å²) in [7, 11) is 0. The fraction of sp³-hybridized carbons (Fsp3) is 0.692. The quantitative estimate of drug-likeness (QED) is 0.878. The molecule has 0 aliphatic carbocycles. The minimum Gasteiger partial charge on any atom is -0.382 e. The summed E-state index contributed by atoms with van der Waals surface area (Å²) in [6, 6.07) is 0.995. The maximum atomic E-state index is 6.11. The first-order valence-corrected chi connectivity index (χ1v) is 7.46. The molecule has 2 aliphatic heterocycles. The van der Waals surface area contributed by atoms with Gasteiger partial charge in [0, 0.05) is 31.8 Å². The first-order chi connectivity index (χ1) is 9.74. The number of ether oxygens (including phenoxy) is 1. The number of nitrogen functional groups attached to an aromatic ring is 1. The highest BCUT2D eigenvalue weighted by Crippen LogP contribution is 2.26. The maximum Gasteiger partial charge on any atom is 0.150 e. The molecule has 0 amide bonds. The topological polar surface area (TPSA) is 76.3 Å². The lowest BCUT2D eigenvalue weighted by Crippen LogP contribution is -2.45. The Morgan fingerprint density at radius 1 is 1.30 bits per heavy atom. The molecule has 2 aliphatic rings. The highest BCUT2D eigenvalue weighted by molar-refractivity contribution is 6.35. The van der Waals surface area contributed by atoms with Crippen molar-refractivity contribution in [1.29, 1.82) is 0 Å². The Morgan fingerprint density at radius 2 is 2.10 bits per heavy atom. The molecule has 3 N–H and O–H groups in total. The summed E-state index contributed by atoms with van der Waals surface area (Å²) in [6.07, 6.45) is 4.76. The molecule has 0 bridgehead atoms. The molecule has 0 aromatic carbocycles.